The molecule has 30 heteroatoms. The molecule has 0 spiro atoms. The van der Waals surface area contributed by atoms with Crippen LogP contribution in [0.4, 0.5) is 26.2 Å². The second kappa shape index (κ2) is 31.5. The van der Waals surface area contributed by atoms with Crippen LogP contribution in [0.5, 0.6) is 0 Å². The first kappa shape index (κ1) is 75.7. The molecule has 3 aromatic carbocycles. The molecule has 6 aliphatic rings. The molecular formula is C74H91N13O15S2. The lowest BCUT2D eigenvalue weighted by atomic mass is 9.39. The Kier molecular flexibility index (Phi) is 22.9. The number of anilines is 3. The van der Waals surface area contributed by atoms with Gasteiger partial charge in [0.05, 0.1) is 40.1 Å². The van der Waals surface area contributed by atoms with E-state index in [1.54, 1.807) is 32.2 Å². The average molecular weight is 1470 g/mol. The van der Waals surface area contributed by atoms with E-state index in [2.05, 4.69) is 34.8 Å². The number of carbonyl (C=O) groups is 9. The van der Waals surface area contributed by atoms with Gasteiger partial charge in [0.2, 0.25) is 11.8 Å². The molecule has 4 bridgehead atoms. The number of hydrogen-bond acceptors (Lipinski definition) is 19. The number of aromatic nitrogens is 4. The number of rotatable bonds is 32. The molecule has 4 fully saturated rings. The van der Waals surface area contributed by atoms with Crippen molar-refractivity contribution in [1.29, 1.82) is 0 Å². The summed E-state index contributed by atoms with van der Waals surface area (Å²) >= 11 is 1.40. The molecule has 2 aliphatic heterocycles. The molecule has 5 heterocycles. The number of para-hydroxylation sites is 1. The number of carboxylic acid groups (broad SMARTS) is 1. The minimum Gasteiger partial charge on any atom is -0.476 e. The number of amides is 9. The quantitative estimate of drug-likeness (QED) is 0.0118. The van der Waals surface area contributed by atoms with E-state index in [1.807, 2.05) is 59.0 Å². The average Bonchev–Trinajstić information content (AvgIpc) is 0.766. The number of urea groups is 1. The van der Waals surface area contributed by atoms with Crippen molar-refractivity contribution in [1.82, 2.24) is 40.2 Å². The van der Waals surface area contributed by atoms with Gasteiger partial charge in [-0.3, -0.25) is 48.2 Å². The van der Waals surface area contributed by atoms with Crippen LogP contribution in [0.25, 0.3) is 21.3 Å². The van der Waals surface area contributed by atoms with Gasteiger partial charge in [-0.1, -0.05) is 81.9 Å². The molecular weight excluding hydrogens is 1380 g/mol. The van der Waals surface area contributed by atoms with Gasteiger partial charge in [-0.15, -0.1) is 0 Å². The summed E-state index contributed by atoms with van der Waals surface area (Å²) in [6, 6.07) is 19.3. The molecule has 2 unspecified atom stereocenters. The van der Waals surface area contributed by atoms with Crippen molar-refractivity contribution in [3.63, 3.8) is 0 Å². The third kappa shape index (κ3) is 17.6. The highest BCUT2D eigenvalue weighted by Gasteiger charge is 2.66. The van der Waals surface area contributed by atoms with E-state index in [4.69, 9.17) is 31.0 Å². The number of pyridine rings is 1. The summed E-state index contributed by atoms with van der Waals surface area (Å²) in [5.41, 5.74) is 15.9. The summed E-state index contributed by atoms with van der Waals surface area (Å²) < 4.78 is 49.2. The first-order chi connectivity index (χ1) is 49.4. The van der Waals surface area contributed by atoms with Gasteiger partial charge in [0.15, 0.2) is 10.8 Å². The third-order valence-corrected chi connectivity index (χ3v) is 22.3. The van der Waals surface area contributed by atoms with Crippen molar-refractivity contribution in [2.45, 2.75) is 162 Å². The summed E-state index contributed by atoms with van der Waals surface area (Å²) in [5.74, 6) is -4.79. The molecule has 0 saturated heterocycles. The number of nitrogens with two attached hydrogens (primary N) is 2. The fourth-order valence-corrected chi connectivity index (χ4v) is 18.4. The molecule has 9 N–H and O–H groups in total. The Morgan fingerprint density at radius 1 is 0.817 bits per heavy atom. The van der Waals surface area contributed by atoms with Crippen molar-refractivity contribution in [2.24, 2.45) is 33.6 Å². The lowest BCUT2D eigenvalue weighted by Gasteiger charge is -2.69. The molecule has 4 saturated carbocycles. The van der Waals surface area contributed by atoms with Crippen LogP contribution in [0, 0.1) is 29.1 Å². The van der Waals surface area contributed by atoms with Gasteiger partial charge < -0.3 is 46.5 Å². The predicted molar refractivity (Wildman–Crippen MR) is 389 cm³/mol. The van der Waals surface area contributed by atoms with E-state index in [1.165, 1.54) is 52.7 Å². The van der Waals surface area contributed by atoms with Gasteiger partial charge in [0.25, 0.3) is 33.7 Å². The zero-order valence-corrected chi connectivity index (χ0v) is 60.8. The van der Waals surface area contributed by atoms with Gasteiger partial charge in [0, 0.05) is 80.2 Å². The molecule has 28 nitrogen and oxygen atoms in total. The number of imide groups is 2. The van der Waals surface area contributed by atoms with E-state index in [-0.39, 0.29) is 110 Å². The monoisotopic (exact) mass is 1470 g/mol. The van der Waals surface area contributed by atoms with Crippen LogP contribution in [-0.4, -0.2) is 164 Å². The molecule has 6 aromatic rings. The molecule has 12 rings (SSSR count). The van der Waals surface area contributed by atoms with E-state index in [0.717, 1.165) is 64.0 Å². The fraction of sp³-hybridized carbons (Fsp3) is 0.486. The molecule has 4 aliphatic carbocycles. The Morgan fingerprint density at radius 3 is 2.23 bits per heavy atom. The second-order valence-corrected chi connectivity index (χ2v) is 32.2. The van der Waals surface area contributed by atoms with Crippen molar-refractivity contribution in [2.75, 3.05) is 60.2 Å². The fourth-order valence-electron chi connectivity index (χ4n) is 17.0. The standard InChI is InChI=1S/C74H91N13O15S2/c1-46(2)62(81-59(88)19-7-6-10-31-85-60(89)26-27-61(85)90)65(92)78-56(17-12-29-75)66(93)87(68(76)96)50-22-20-48(21-23-50)38-101-70(97)83(30-13-35-104(98,99)100)33-34-102-74-42-71(4)39-72(5,43-74)41-73(40-71,44-74)45-86-47(3)53(36-77-86)51-24-25-58(80-63(51)67(94)95)84-32-28-49-14-11-15-52(54(49)37-84)64(91)82-69-79-55-16-8-9-18-57(55)103-69/h8-9,11,14-16,18,20-27,36,46,56,62H,6-7,10,12-13,17,19,28-35,37-45,75H2,1-5H3,(H2,76,96)(H,78,92)(H,81,88)(H,94,95)(H,79,82,91)(H,98,99,100)/t56-,62-,71?,72?,73?,74?/m0/s1. The number of fused-ring (bicyclic) bond motifs is 2. The minimum absolute atomic E-state index is 0.00970. The zero-order valence-electron chi connectivity index (χ0n) is 59.2. The Balaban J connectivity index is 0.714. The molecule has 9 amide bonds. The SMILES string of the molecule is Cc1c(-c2ccc(N3CCc4cccc(C(=O)Nc5nc6ccccc6s5)c4C3)nc2C(=O)O)cnn1CC12CC3(C)CC(C)(C1)CC(OCCN(CCCS(=O)(=O)O)C(=O)OCc1ccc(N(C(N)=O)C(=O)[C@H](CCCN)NC(=O)[C@@H](NC(=O)CCCCCN4C(=O)C=CC4=O)C(C)C)cc1)(C3)C2. The van der Waals surface area contributed by atoms with Crippen molar-refractivity contribution < 1.29 is 70.7 Å². The lowest BCUT2D eigenvalue weighted by molar-refractivity contribution is -0.248. The Labute approximate surface area is 607 Å². The van der Waals surface area contributed by atoms with Crippen molar-refractivity contribution in [3.05, 3.63) is 131 Å². The molecule has 3 aromatic heterocycles. The number of nitrogens with one attached hydrogen (secondary N) is 3. The highest BCUT2D eigenvalue weighted by Crippen LogP contribution is 2.72. The smallest absolute Gasteiger partial charge is 0.410 e. The predicted octanol–water partition coefficient (Wildman–Crippen LogP) is 8.69. The topological polar surface area (TPSA) is 391 Å². The normalized spacial score (nSPS) is 20.9. The highest BCUT2D eigenvalue weighted by atomic mass is 32.2. The zero-order chi connectivity index (χ0) is 74.5. The minimum atomic E-state index is -4.39. The maximum Gasteiger partial charge on any atom is 0.410 e. The van der Waals surface area contributed by atoms with Gasteiger partial charge in [-0.05, 0) is 172 Å². The summed E-state index contributed by atoms with van der Waals surface area (Å²) in [7, 11) is -4.39. The molecule has 4 atom stereocenters. The summed E-state index contributed by atoms with van der Waals surface area (Å²) in [6.45, 7) is 11.4. The Hall–Kier alpha value is -9.49. The van der Waals surface area contributed by atoms with Crippen molar-refractivity contribution >= 4 is 102 Å². The van der Waals surface area contributed by atoms with Crippen molar-refractivity contribution in [3.8, 4) is 11.1 Å². The number of thiazole rings is 1. The number of aromatic carboxylic acids is 1. The van der Waals surface area contributed by atoms with E-state index in [0.29, 0.717) is 89.8 Å². The maximum absolute atomic E-state index is 14.3. The van der Waals surface area contributed by atoms with E-state index >= 15 is 0 Å². The number of benzene rings is 3. The van der Waals surface area contributed by atoms with E-state index < -0.39 is 75.3 Å². The van der Waals surface area contributed by atoms with Gasteiger partial charge in [-0.2, -0.15) is 13.5 Å². The second-order valence-electron chi connectivity index (χ2n) is 29.6. The van der Waals surface area contributed by atoms with Gasteiger partial charge >= 0.3 is 18.1 Å². The molecule has 104 heavy (non-hydrogen) atoms. The Bertz CT molecular complexity index is 4370. The van der Waals surface area contributed by atoms with E-state index in [9.17, 15) is 61.2 Å². The third-order valence-electron chi connectivity index (χ3n) is 20.6. The molecule has 554 valence electrons. The number of primary amides is 1. The summed E-state index contributed by atoms with van der Waals surface area (Å²) in [5, 5.41) is 24.6. The lowest BCUT2D eigenvalue weighted by Crippen LogP contribution is -2.64. The van der Waals surface area contributed by atoms with Gasteiger partial charge in [0.1, 0.15) is 24.5 Å². The number of unbranched alkanes of at least 4 members (excludes halogenated alkanes) is 2. The first-order valence-corrected chi connectivity index (χ1v) is 37.7. The molecule has 0 radical (unpaired) electrons. The van der Waals surface area contributed by atoms with Crippen LogP contribution in [0.3, 0.4) is 0 Å². The summed E-state index contributed by atoms with van der Waals surface area (Å²) in [6.07, 6.45) is 10.6. The maximum atomic E-state index is 14.3. The number of carbonyl (C=O) groups excluding carboxylic acids is 8. The van der Waals surface area contributed by atoms with Crippen LogP contribution in [0.2, 0.25) is 0 Å². The van der Waals surface area contributed by atoms with Crippen LogP contribution in [0.15, 0.2) is 97.2 Å². The summed E-state index contributed by atoms with van der Waals surface area (Å²) in [4.78, 5) is 134. The first-order valence-electron chi connectivity index (χ1n) is 35.3. The number of carboxylic acids is 1. The van der Waals surface area contributed by atoms with Crippen LogP contribution < -0.4 is 37.2 Å². The number of hydrogen-bond donors (Lipinski definition) is 7. The van der Waals surface area contributed by atoms with Crippen LogP contribution in [0.1, 0.15) is 154 Å². The number of nitrogens with zero attached hydrogens (tertiary/aromatic N) is 8. The largest absolute Gasteiger partial charge is 0.476 e. The van der Waals surface area contributed by atoms with Gasteiger partial charge in [-0.25, -0.2) is 29.3 Å². The van der Waals surface area contributed by atoms with Crippen LogP contribution in [-0.2, 0) is 69.7 Å². The highest BCUT2D eigenvalue weighted by molar-refractivity contribution is 7.85. The Morgan fingerprint density at radius 2 is 1.55 bits per heavy atom. The van der Waals surface area contributed by atoms with Crippen LogP contribution >= 0.6 is 11.3 Å². The number of ether oxygens (including phenoxy) is 2.